The Bertz CT molecular complexity index is 636. The number of pyridine rings is 1. The van der Waals surface area contributed by atoms with Crippen molar-refractivity contribution in [3.8, 4) is 5.75 Å². The number of carbonyl (C=O) groups is 1. The molecule has 1 aromatic heterocycles. The number of methoxy groups -OCH3 is 1. The number of aromatic nitrogens is 1. The molecule has 1 aromatic carbocycles. The van der Waals surface area contributed by atoms with E-state index < -0.39 is 0 Å². The van der Waals surface area contributed by atoms with Crippen molar-refractivity contribution >= 4 is 22.5 Å². The molecule has 5 nitrogen and oxygen atoms in total. The molecule has 3 rings (SSSR count). The van der Waals surface area contributed by atoms with Crippen LogP contribution in [-0.2, 0) is 9.53 Å². The van der Waals surface area contributed by atoms with Crippen molar-refractivity contribution in [1.82, 2.24) is 4.98 Å². The first-order valence-electron chi connectivity index (χ1n) is 6.62. The van der Waals surface area contributed by atoms with Crippen LogP contribution in [0.3, 0.4) is 0 Å². The highest BCUT2D eigenvalue weighted by Gasteiger charge is 2.23. The van der Waals surface area contributed by atoms with Crippen LogP contribution in [0, 0.1) is 0 Å². The van der Waals surface area contributed by atoms with Gasteiger partial charge in [0.25, 0.3) is 5.91 Å². The first-order chi connectivity index (χ1) is 9.76. The fourth-order valence-electron chi connectivity index (χ4n) is 2.30. The molecule has 20 heavy (non-hydrogen) atoms. The highest BCUT2D eigenvalue weighted by atomic mass is 16.5. The van der Waals surface area contributed by atoms with Crippen LogP contribution in [-0.4, -0.2) is 30.7 Å². The predicted molar refractivity (Wildman–Crippen MR) is 75.9 cm³/mol. The Labute approximate surface area is 116 Å². The number of hydrogen-bond donors (Lipinski definition) is 1. The van der Waals surface area contributed by atoms with Gasteiger partial charge in [-0.05, 0) is 31.0 Å². The van der Waals surface area contributed by atoms with E-state index in [2.05, 4.69) is 10.3 Å². The number of nitrogens with one attached hydrogen (secondary N) is 1. The minimum absolute atomic E-state index is 0.0999. The zero-order valence-electron chi connectivity index (χ0n) is 11.3. The summed E-state index contributed by atoms with van der Waals surface area (Å²) >= 11 is 0. The van der Waals surface area contributed by atoms with Gasteiger partial charge in [0.15, 0.2) is 0 Å². The lowest BCUT2D eigenvalue weighted by molar-refractivity contribution is -0.124. The minimum atomic E-state index is -0.332. The van der Waals surface area contributed by atoms with Crippen LogP contribution >= 0.6 is 0 Å². The molecule has 0 spiro atoms. The summed E-state index contributed by atoms with van der Waals surface area (Å²) in [6, 6.07) is 7.55. The molecular weight excluding hydrogens is 256 g/mol. The van der Waals surface area contributed by atoms with Gasteiger partial charge in [-0.2, -0.15) is 0 Å². The smallest absolute Gasteiger partial charge is 0.253 e. The molecule has 0 aliphatic carbocycles. The van der Waals surface area contributed by atoms with E-state index in [0.717, 1.165) is 29.5 Å². The molecule has 1 amide bonds. The molecule has 0 saturated carbocycles. The van der Waals surface area contributed by atoms with Crippen LogP contribution in [0.1, 0.15) is 12.8 Å². The number of fused-ring (bicyclic) bond motifs is 1. The second-order valence-corrected chi connectivity index (χ2v) is 4.77. The number of rotatable bonds is 3. The van der Waals surface area contributed by atoms with Gasteiger partial charge in [0.05, 0.1) is 24.5 Å². The van der Waals surface area contributed by atoms with Gasteiger partial charge in [-0.3, -0.25) is 9.78 Å². The van der Waals surface area contributed by atoms with Gasteiger partial charge in [0.1, 0.15) is 11.9 Å². The SMILES string of the molecule is COc1ccc2cc(NC(=O)C3CCCO3)cnc2c1. The highest BCUT2D eigenvalue weighted by Crippen LogP contribution is 2.22. The Morgan fingerprint density at radius 2 is 2.35 bits per heavy atom. The molecule has 1 fully saturated rings. The second kappa shape index (κ2) is 5.46. The Kier molecular flexibility index (Phi) is 3.52. The zero-order valence-corrected chi connectivity index (χ0v) is 11.3. The fraction of sp³-hybridized carbons (Fsp3) is 0.333. The van der Waals surface area contributed by atoms with E-state index in [-0.39, 0.29) is 12.0 Å². The molecule has 1 aliphatic heterocycles. The van der Waals surface area contributed by atoms with E-state index in [1.54, 1.807) is 13.3 Å². The number of carbonyl (C=O) groups excluding carboxylic acids is 1. The quantitative estimate of drug-likeness (QED) is 0.931. The molecule has 1 aliphatic rings. The fourth-order valence-corrected chi connectivity index (χ4v) is 2.30. The van der Waals surface area contributed by atoms with Crippen LogP contribution in [0.2, 0.25) is 0 Å². The van der Waals surface area contributed by atoms with Gasteiger partial charge in [-0.15, -0.1) is 0 Å². The van der Waals surface area contributed by atoms with Gasteiger partial charge in [0.2, 0.25) is 0 Å². The molecular formula is C15H16N2O3. The molecule has 1 saturated heterocycles. The van der Waals surface area contributed by atoms with Crippen molar-refractivity contribution in [3.05, 3.63) is 30.5 Å². The molecule has 2 heterocycles. The normalized spacial score (nSPS) is 18.1. The molecule has 0 radical (unpaired) electrons. The van der Waals surface area contributed by atoms with Crippen molar-refractivity contribution in [2.45, 2.75) is 18.9 Å². The summed E-state index contributed by atoms with van der Waals surface area (Å²) < 4.78 is 10.5. The molecule has 1 unspecified atom stereocenters. The standard InChI is InChI=1S/C15H16N2O3/c1-19-12-5-4-10-7-11(9-16-13(10)8-12)17-15(18)14-3-2-6-20-14/h4-5,7-9,14H,2-3,6H2,1H3,(H,17,18). The molecule has 2 aromatic rings. The third-order valence-corrected chi connectivity index (χ3v) is 3.38. The third kappa shape index (κ3) is 2.58. The maximum absolute atomic E-state index is 12.0. The summed E-state index contributed by atoms with van der Waals surface area (Å²) in [4.78, 5) is 16.3. The number of hydrogen-bond acceptors (Lipinski definition) is 4. The van der Waals surface area contributed by atoms with Crippen LogP contribution in [0.4, 0.5) is 5.69 Å². The number of amides is 1. The van der Waals surface area contributed by atoms with E-state index in [4.69, 9.17) is 9.47 Å². The molecule has 1 atom stereocenters. The van der Waals surface area contributed by atoms with Crippen molar-refractivity contribution < 1.29 is 14.3 Å². The summed E-state index contributed by atoms with van der Waals surface area (Å²) in [5.41, 5.74) is 1.52. The molecule has 5 heteroatoms. The van der Waals surface area contributed by atoms with E-state index in [9.17, 15) is 4.79 Å². The summed E-state index contributed by atoms with van der Waals surface area (Å²) in [6.07, 6.45) is 3.04. The van der Waals surface area contributed by atoms with E-state index >= 15 is 0 Å². The van der Waals surface area contributed by atoms with Crippen molar-refractivity contribution in [3.63, 3.8) is 0 Å². The number of benzene rings is 1. The number of nitrogens with zero attached hydrogens (tertiary/aromatic N) is 1. The lowest BCUT2D eigenvalue weighted by Crippen LogP contribution is -2.26. The van der Waals surface area contributed by atoms with E-state index in [1.165, 1.54) is 0 Å². The topological polar surface area (TPSA) is 60.5 Å². The largest absolute Gasteiger partial charge is 0.497 e. The average Bonchev–Trinajstić information content (AvgIpc) is 3.01. The van der Waals surface area contributed by atoms with Crippen LogP contribution in [0.5, 0.6) is 5.75 Å². The lowest BCUT2D eigenvalue weighted by atomic mass is 10.2. The second-order valence-electron chi connectivity index (χ2n) is 4.77. The van der Waals surface area contributed by atoms with Gasteiger partial charge in [0, 0.05) is 18.1 Å². The summed E-state index contributed by atoms with van der Waals surface area (Å²) in [5, 5.41) is 3.80. The predicted octanol–water partition coefficient (Wildman–Crippen LogP) is 2.36. The average molecular weight is 272 g/mol. The third-order valence-electron chi connectivity index (χ3n) is 3.38. The van der Waals surface area contributed by atoms with Crippen molar-refractivity contribution in [2.75, 3.05) is 19.0 Å². The number of ether oxygens (including phenoxy) is 2. The highest BCUT2D eigenvalue weighted by molar-refractivity contribution is 5.96. The van der Waals surface area contributed by atoms with Gasteiger partial charge in [-0.1, -0.05) is 0 Å². The first kappa shape index (κ1) is 12.9. The maximum atomic E-state index is 12.0. The molecule has 0 bridgehead atoms. The van der Waals surface area contributed by atoms with Crippen LogP contribution < -0.4 is 10.1 Å². The summed E-state index contributed by atoms with van der Waals surface area (Å²) in [5.74, 6) is 0.665. The number of anilines is 1. The Morgan fingerprint density at radius 1 is 1.45 bits per heavy atom. The van der Waals surface area contributed by atoms with Gasteiger partial charge >= 0.3 is 0 Å². The maximum Gasteiger partial charge on any atom is 0.253 e. The lowest BCUT2D eigenvalue weighted by Gasteiger charge is -2.10. The Morgan fingerprint density at radius 3 is 3.10 bits per heavy atom. The first-order valence-corrected chi connectivity index (χ1v) is 6.62. The van der Waals surface area contributed by atoms with Crippen LogP contribution in [0.25, 0.3) is 10.9 Å². The minimum Gasteiger partial charge on any atom is -0.497 e. The van der Waals surface area contributed by atoms with Gasteiger partial charge < -0.3 is 14.8 Å². The summed E-state index contributed by atoms with van der Waals surface area (Å²) in [7, 11) is 1.62. The monoisotopic (exact) mass is 272 g/mol. The summed E-state index contributed by atoms with van der Waals surface area (Å²) in [6.45, 7) is 0.661. The van der Waals surface area contributed by atoms with E-state index in [0.29, 0.717) is 12.3 Å². The van der Waals surface area contributed by atoms with Gasteiger partial charge in [-0.25, -0.2) is 0 Å². The molecule has 1 N–H and O–H groups in total. The van der Waals surface area contributed by atoms with E-state index in [1.807, 2.05) is 24.3 Å². The van der Waals surface area contributed by atoms with Crippen molar-refractivity contribution in [2.24, 2.45) is 0 Å². The zero-order chi connectivity index (χ0) is 13.9. The van der Waals surface area contributed by atoms with Crippen molar-refractivity contribution in [1.29, 1.82) is 0 Å². The Balaban J connectivity index is 1.80. The van der Waals surface area contributed by atoms with Crippen LogP contribution in [0.15, 0.2) is 30.5 Å². The Hall–Kier alpha value is -2.14. The molecule has 104 valence electrons.